The van der Waals surface area contributed by atoms with Crippen LogP contribution in [0.25, 0.3) is 0 Å². The van der Waals surface area contributed by atoms with E-state index in [0.29, 0.717) is 11.8 Å². The number of hydrogen-bond acceptors (Lipinski definition) is 2. The van der Waals surface area contributed by atoms with E-state index < -0.39 is 0 Å². The maximum absolute atomic E-state index is 12.7. The largest absolute Gasteiger partial charge is 0.342 e. The molecule has 1 saturated carbocycles. The van der Waals surface area contributed by atoms with Crippen molar-refractivity contribution < 1.29 is 4.79 Å². The highest BCUT2D eigenvalue weighted by molar-refractivity contribution is 5.85. The second-order valence-electron chi connectivity index (χ2n) is 5.84. The summed E-state index contributed by atoms with van der Waals surface area (Å²) >= 11 is 0. The summed E-state index contributed by atoms with van der Waals surface area (Å²) in [5.74, 6) is 0.957. The summed E-state index contributed by atoms with van der Waals surface area (Å²) in [5.41, 5.74) is 5.73. The number of hydrogen-bond donors (Lipinski definition) is 1. The summed E-state index contributed by atoms with van der Waals surface area (Å²) in [6.07, 6.45) is 8.00. The smallest absolute Gasteiger partial charge is 0.228 e. The molecule has 0 spiro atoms. The van der Waals surface area contributed by atoms with Crippen LogP contribution in [0, 0.1) is 11.3 Å². The lowest BCUT2D eigenvalue weighted by atomic mass is 9.81. The van der Waals surface area contributed by atoms with Crippen molar-refractivity contribution in [3.05, 3.63) is 0 Å². The number of rotatable bonds is 3. The summed E-state index contributed by atoms with van der Waals surface area (Å²) in [5, 5.41) is 0. The number of halogens is 1. The Balaban J connectivity index is 0.00000162. The van der Waals surface area contributed by atoms with E-state index in [-0.39, 0.29) is 17.8 Å². The normalized spacial score (nSPS) is 26.8. The van der Waals surface area contributed by atoms with Crippen LogP contribution in [0.2, 0.25) is 0 Å². The lowest BCUT2D eigenvalue weighted by Gasteiger charge is -2.38. The van der Waals surface area contributed by atoms with Crippen LogP contribution in [-0.2, 0) is 4.79 Å². The maximum Gasteiger partial charge on any atom is 0.228 e. The molecule has 18 heavy (non-hydrogen) atoms. The average molecular weight is 275 g/mol. The maximum atomic E-state index is 12.7. The molecule has 0 aromatic carbocycles. The molecule has 1 aliphatic heterocycles. The molecule has 3 nitrogen and oxygen atoms in total. The van der Waals surface area contributed by atoms with E-state index in [0.717, 1.165) is 45.3 Å². The summed E-state index contributed by atoms with van der Waals surface area (Å²) in [4.78, 5) is 14.8. The van der Waals surface area contributed by atoms with E-state index in [9.17, 15) is 4.79 Å². The van der Waals surface area contributed by atoms with Crippen LogP contribution in [0.5, 0.6) is 0 Å². The molecule has 2 aliphatic rings. The Morgan fingerprint density at radius 3 is 2.56 bits per heavy atom. The van der Waals surface area contributed by atoms with Crippen molar-refractivity contribution in [1.29, 1.82) is 0 Å². The molecular formula is C14H27ClN2O. The van der Waals surface area contributed by atoms with Crippen LogP contribution in [0.3, 0.4) is 0 Å². The number of nitrogens with zero attached hydrogens (tertiary/aromatic N) is 1. The topological polar surface area (TPSA) is 46.3 Å². The van der Waals surface area contributed by atoms with Gasteiger partial charge in [0.05, 0.1) is 0 Å². The van der Waals surface area contributed by atoms with E-state index >= 15 is 0 Å². The van der Waals surface area contributed by atoms with E-state index in [1.807, 2.05) is 0 Å². The highest BCUT2D eigenvalue weighted by atomic mass is 35.5. The van der Waals surface area contributed by atoms with E-state index in [4.69, 9.17) is 5.73 Å². The molecule has 2 rings (SSSR count). The van der Waals surface area contributed by atoms with Gasteiger partial charge >= 0.3 is 0 Å². The third kappa shape index (κ3) is 3.00. The second kappa shape index (κ2) is 6.76. The number of amides is 1. The van der Waals surface area contributed by atoms with Crippen LogP contribution in [0.1, 0.15) is 51.9 Å². The molecule has 0 aromatic rings. The minimum atomic E-state index is -0.0174. The summed E-state index contributed by atoms with van der Waals surface area (Å²) < 4.78 is 0. The molecule has 1 atom stereocenters. The molecule has 106 valence electrons. The standard InChI is InChI=1S/C14H26N2O.ClH/c1-2-14(7-3-4-8-14)13(17)16-9-5-6-12(10-15)11-16;/h12H,2-11,15H2,1H3;1H. The number of nitrogens with two attached hydrogens (primary N) is 1. The van der Waals surface area contributed by atoms with Crippen LogP contribution >= 0.6 is 12.4 Å². The Bertz CT molecular complexity index is 277. The van der Waals surface area contributed by atoms with Crippen LogP contribution in [0.15, 0.2) is 0 Å². The monoisotopic (exact) mass is 274 g/mol. The van der Waals surface area contributed by atoms with Gasteiger partial charge in [0.1, 0.15) is 0 Å². The van der Waals surface area contributed by atoms with E-state index in [1.165, 1.54) is 19.3 Å². The average Bonchev–Trinajstić information content (AvgIpc) is 2.88. The van der Waals surface area contributed by atoms with Crippen molar-refractivity contribution in [2.24, 2.45) is 17.1 Å². The Labute approximate surface area is 117 Å². The lowest BCUT2D eigenvalue weighted by molar-refractivity contribution is -0.144. The second-order valence-corrected chi connectivity index (χ2v) is 5.84. The van der Waals surface area contributed by atoms with Gasteiger partial charge in [0.2, 0.25) is 5.91 Å². The number of likely N-dealkylation sites (tertiary alicyclic amines) is 1. The molecule has 1 aliphatic carbocycles. The predicted molar refractivity (Wildman–Crippen MR) is 76.8 cm³/mol. The van der Waals surface area contributed by atoms with E-state index in [1.54, 1.807) is 0 Å². The molecule has 2 fully saturated rings. The molecule has 0 bridgehead atoms. The minimum absolute atomic E-state index is 0. The number of piperidine rings is 1. The molecular weight excluding hydrogens is 248 g/mol. The molecule has 1 unspecified atom stereocenters. The van der Waals surface area contributed by atoms with Crippen molar-refractivity contribution in [2.75, 3.05) is 19.6 Å². The summed E-state index contributed by atoms with van der Waals surface area (Å²) in [7, 11) is 0. The van der Waals surface area contributed by atoms with Crippen molar-refractivity contribution in [3.63, 3.8) is 0 Å². The molecule has 1 heterocycles. The molecule has 4 heteroatoms. The fourth-order valence-corrected chi connectivity index (χ4v) is 3.55. The number of carbonyl (C=O) groups excluding carboxylic acids is 1. The van der Waals surface area contributed by atoms with Gasteiger partial charge in [-0.25, -0.2) is 0 Å². The highest BCUT2D eigenvalue weighted by Crippen LogP contribution is 2.43. The van der Waals surface area contributed by atoms with Gasteiger partial charge in [0, 0.05) is 18.5 Å². The van der Waals surface area contributed by atoms with Crippen LogP contribution in [0.4, 0.5) is 0 Å². The zero-order valence-corrected chi connectivity index (χ0v) is 12.3. The number of carbonyl (C=O) groups is 1. The quantitative estimate of drug-likeness (QED) is 0.860. The van der Waals surface area contributed by atoms with Gasteiger partial charge in [-0.05, 0) is 44.6 Å². The molecule has 1 saturated heterocycles. The SMILES string of the molecule is CCC1(C(=O)N2CCCC(CN)C2)CCCC1.Cl. The summed E-state index contributed by atoms with van der Waals surface area (Å²) in [6, 6.07) is 0. The molecule has 1 amide bonds. The first-order valence-corrected chi connectivity index (χ1v) is 7.21. The predicted octanol–water partition coefficient (Wildman–Crippen LogP) is 2.58. The fraction of sp³-hybridized carbons (Fsp3) is 0.929. The first-order chi connectivity index (χ1) is 8.22. The minimum Gasteiger partial charge on any atom is -0.342 e. The Hall–Kier alpha value is -0.280. The van der Waals surface area contributed by atoms with Gasteiger partial charge in [-0.15, -0.1) is 12.4 Å². The molecule has 0 aromatic heterocycles. The van der Waals surface area contributed by atoms with Gasteiger partial charge in [0.25, 0.3) is 0 Å². The molecule has 0 radical (unpaired) electrons. The van der Waals surface area contributed by atoms with Crippen molar-refractivity contribution in [2.45, 2.75) is 51.9 Å². The van der Waals surface area contributed by atoms with Crippen LogP contribution in [-0.4, -0.2) is 30.4 Å². The lowest BCUT2D eigenvalue weighted by Crippen LogP contribution is -2.48. The van der Waals surface area contributed by atoms with Crippen LogP contribution < -0.4 is 5.73 Å². The van der Waals surface area contributed by atoms with E-state index in [2.05, 4.69) is 11.8 Å². The van der Waals surface area contributed by atoms with Crippen molar-refractivity contribution >= 4 is 18.3 Å². The third-order valence-corrected chi connectivity index (χ3v) is 4.83. The van der Waals surface area contributed by atoms with Gasteiger partial charge < -0.3 is 10.6 Å². The summed E-state index contributed by atoms with van der Waals surface area (Å²) in [6.45, 7) is 4.75. The Kier molecular flexibility index (Phi) is 5.93. The fourth-order valence-electron chi connectivity index (χ4n) is 3.55. The third-order valence-electron chi connectivity index (χ3n) is 4.83. The van der Waals surface area contributed by atoms with Gasteiger partial charge in [0.15, 0.2) is 0 Å². The first kappa shape index (κ1) is 15.8. The van der Waals surface area contributed by atoms with Gasteiger partial charge in [-0.2, -0.15) is 0 Å². The zero-order chi connectivity index (χ0) is 12.3. The van der Waals surface area contributed by atoms with Gasteiger partial charge in [-0.1, -0.05) is 19.8 Å². The Morgan fingerprint density at radius 1 is 1.33 bits per heavy atom. The molecule has 2 N–H and O–H groups in total. The van der Waals surface area contributed by atoms with Crippen molar-refractivity contribution in [3.8, 4) is 0 Å². The highest BCUT2D eigenvalue weighted by Gasteiger charge is 2.42. The first-order valence-electron chi connectivity index (χ1n) is 7.21. The van der Waals surface area contributed by atoms with Crippen molar-refractivity contribution in [1.82, 2.24) is 4.90 Å². The van der Waals surface area contributed by atoms with Gasteiger partial charge in [-0.3, -0.25) is 4.79 Å². The Morgan fingerprint density at radius 2 is 2.00 bits per heavy atom. The zero-order valence-electron chi connectivity index (χ0n) is 11.5.